The number of rotatable bonds is 7. The molecule has 1 amide bonds. The number of piperazine rings is 1. The molecular weight excluding hydrogens is 405 g/mol. The van der Waals surface area contributed by atoms with E-state index >= 15 is 0 Å². The highest BCUT2D eigenvalue weighted by Gasteiger charge is 2.43. The first-order chi connectivity index (χ1) is 12.6. The number of nitrogens with one attached hydrogen (secondary N) is 2. The molecule has 0 bridgehead atoms. The predicted octanol–water partition coefficient (Wildman–Crippen LogP) is 1.17. The second-order valence-corrected chi connectivity index (χ2v) is 6.40. The third-order valence-electron chi connectivity index (χ3n) is 4.54. The van der Waals surface area contributed by atoms with Gasteiger partial charge in [-0.3, -0.25) is 24.5 Å². The van der Waals surface area contributed by atoms with Gasteiger partial charge in [0.25, 0.3) is 0 Å². The fourth-order valence-electron chi connectivity index (χ4n) is 3.12. The third kappa shape index (κ3) is 6.04. The van der Waals surface area contributed by atoms with Gasteiger partial charge in [0.1, 0.15) is 17.4 Å². The standard InChI is InChI=1S/C15H23F3N6O3.ClH/c1-10-14(24(26)27)11(2)23(21-10)6-3-13(25)20-9-12(15(16,17)18)22-7-4-19-5-8-22;/h12,19H,3-9H2,1-2H3,(H,20,25);1H. The lowest BCUT2D eigenvalue weighted by molar-refractivity contribution is -0.386. The summed E-state index contributed by atoms with van der Waals surface area (Å²) in [4.78, 5) is 23.7. The fraction of sp³-hybridized carbons (Fsp3) is 0.733. The quantitative estimate of drug-likeness (QED) is 0.499. The van der Waals surface area contributed by atoms with E-state index in [1.165, 1.54) is 23.4 Å². The number of hydrogen-bond acceptors (Lipinski definition) is 6. The maximum Gasteiger partial charge on any atom is 0.405 e. The maximum atomic E-state index is 13.3. The molecule has 160 valence electrons. The molecule has 13 heteroatoms. The molecule has 1 saturated heterocycles. The second kappa shape index (κ2) is 10.0. The Morgan fingerprint density at radius 1 is 1.36 bits per heavy atom. The van der Waals surface area contributed by atoms with Gasteiger partial charge < -0.3 is 10.6 Å². The zero-order chi connectivity index (χ0) is 20.2. The summed E-state index contributed by atoms with van der Waals surface area (Å²) >= 11 is 0. The second-order valence-electron chi connectivity index (χ2n) is 6.40. The number of nitro groups is 1. The lowest BCUT2D eigenvalue weighted by atomic mass is 10.2. The Balaban J connectivity index is 0.00000392. The van der Waals surface area contributed by atoms with E-state index in [1.807, 2.05) is 0 Å². The molecule has 0 radical (unpaired) electrons. The van der Waals surface area contributed by atoms with Crippen LogP contribution in [0.5, 0.6) is 0 Å². The van der Waals surface area contributed by atoms with E-state index in [-0.39, 0.29) is 49.8 Å². The minimum Gasteiger partial charge on any atom is -0.354 e. The van der Waals surface area contributed by atoms with Gasteiger partial charge in [-0.05, 0) is 13.8 Å². The Morgan fingerprint density at radius 3 is 2.46 bits per heavy atom. The number of amides is 1. The molecule has 1 aromatic heterocycles. The number of nitrogens with zero attached hydrogens (tertiary/aromatic N) is 4. The van der Waals surface area contributed by atoms with Gasteiger partial charge in [-0.25, -0.2) is 0 Å². The number of carbonyl (C=O) groups is 1. The number of aryl methyl sites for hydroxylation is 2. The number of aromatic nitrogens is 2. The zero-order valence-electron chi connectivity index (χ0n) is 15.6. The summed E-state index contributed by atoms with van der Waals surface area (Å²) in [6.45, 7) is 3.99. The molecular formula is C15H24ClF3N6O3. The van der Waals surface area contributed by atoms with E-state index in [0.29, 0.717) is 18.8 Å². The van der Waals surface area contributed by atoms with Gasteiger partial charge in [0.2, 0.25) is 5.91 Å². The van der Waals surface area contributed by atoms with Crippen molar-refractivity contribution in [1.29, 1.82) is 0 Å². The normalized spacial score (nSPS) is 16.3. The molecule has 1 unspecified atom stereocenters. The molecule has 2 heterocycles. The highest BCUT2D eigenvalue weighted by molar-refractivity contribution is 5.85. The maximum absolute atomic E-state index is 13.3. The number of halogens is 4. The summed E-state index contributed by atoms with van der Waals surface area (Å²) in [5.74, 6) is -0.561. The largest absolute Gasteiger partial charge is 0.405 e. The first kappa shape index (κ1) is 24.1. The van der Waals surface area contributed by atoms with Gasteiger partial charge in [0, 0.05) is 39.1 Å². The predicted molar refractivity (Wildman–Crippen MR) is 97.5 cm³/mol. The summed E-state index contributed by atoms with van der Waals surface area (Å²) in [5, 5.41) is 20.3. The molecule has 1 atom stereocenters. The van der Waals surface area contributed by atoms with Crippen LogP contribution in [0.2, 0.25) is 0 Å². The molecule has 1 fully saturated rings. The Morgan fingerprint density at radius 2 is 1.96 bits per heavy atom. The van der Waals surface area contributed by atoms with E-state index in [4.69, 9.17) is 0 Å². The van der Waals surface area contributed by atoms with Crippen LogP contribution in [0.15, 0.2) is 0 Å². The monoisotopic (exact) mass is 428 g/mol. The molecule has 1 aliphatic heterocycles. The molecule has 2 rings (SSSR count). The third-order valence-corrected chi connectivity index (χ3v) is 4.54. The molecule has 0 aliphatic carbocycles. The van der Waals surface area contributed by atoms with Crippen LogP contribution < -0.4 is 10.6 Å². The van der Waals surface area contributed by atoms with Crippen molar-refractivity contribution >= 4 is 24.0 Å². The highest BCUT2D eigenvalue weighted by Crippen LogP contribution is 2.25. The first-order valence-electron chi connectivity index (χ1n) is 8.58. The lowest BCUT2D eigenvalue weighted by Gasteiger charge is -2.35. The molecule has 28 heavy (non-hydrogen) atoms. The van der Waals surface area contributed by atoms with Crippen LogP contribution in [0.25, 0.3) is 0 Å². The van der Waals surface area contributed by atoms with Crippen molar-refractivity contribution in [3.63, 3.8) is 0 Å². The van der Waals surface area contributed by atoms with E-state index in [9.17, 15) is 28.1 Å². The van der Waals surface area contributed by atoms with Gasteiger partial charge in [-0.1, -0.05) is 0 Å². The van der Waals surface area contributed by atoms with Crippen molar-refractivity contribution in [2.75, 3.05) is 32.7 Å². The molecule has 0 aromatic carbocycles. The van der Waals surface area contributed by atoms with Gasteiger partial charge in [-0.15, -0.1) is 12.4 Å². The van der Waals surface area contributed by atoms with Gasteiger partial charge in [0.05, 0.1) is 11.5 Å². The van der Waals surface area contributed by atoms with E-state index < -0.39 is 29.6 Å². The zero-order valence-corrected chi connectivity index (χ0v) is 16.4. The molecule has 1 aromatic rings. The highest BCUT2D eigenvalue weighted by atomic mass is 35.5. The van der Waals surface area contributed by atoms with Crippen LogP contribution in [0, 0.1) is 24.0 Å². The van der Waals surface area contributed by atoms with Crippen LogP contribution in [-0.2, 0) is 11.3 Å². The van der Waals surface area contributed by atoms with Gasteiger partial charge >= 0.3 is 11.9 Å². The minimum atomic E-state index is -4.44. The molecule has 9 nitrogen and oxygen atoms in total. The Bertz CT molecular complexity index is 691. The van der Waals surface area contributed by atoms with Crippen LogP contribution in [0.3, 0.4) is 0 Å². The van der Waals surface area contributed by atoms with E-state index in [1.54, 1.807) is 0 Å². The van der Waals surface area contributed by atoms with E-state index in [0.717, 1.165) is 0 Å². The summed E-state index contributed by atoms with van der Waals surface area (Å²) in [6.07, 6.45) is -4.56. The van der Waals surface area contributed by atoms with Crippen molar-refractivity contribution in [3.8, 4) is 0 Å². The summed E-state index contributed by atoms with van der Waals surface area (Å²) in [7, 11) is 0. The van der Waals surface area contributed by atoms with Gasteiger partial charge in [-0.2, -0.15) is 18.3 Å². The average molecular weight is 429 g/mol. The van der Waals surface area contributed by atoms with Crippen LogP contribution in [0.4, 0.5) is 18.9 Å². The SMILES string of the molecule is Cc1nn(CCC(=O)NCC(N2CCNCC2)C(F)(F)F)c(C)c1[N+](=O)[O-].Cl. The van der Waals surface area contributed by atoms with Crippen molar-refractivity contribution < 1.29 is 22.9 Å². The summed E-state index contributed by atoms with van der Waals surface area (Å²) in [5.41, 5.74) is 0.416. The number of alkyl halides is 3. The Kier molecular flexibility index (Phi) is 8.64. The Hall–Kier alpha value is -1.92. The lowest BCUT2D eigenvalue weighted by Crippen LogP contribution is -2.57. The van der Waals surface area contributed by atoms with Gasteiger partial charge in [0.15, 0.2) is 0 Å². The number of carbonyl (C=O) groups excluding carboxylic acids is 1. The minimum absolute atomic E-state index is 0. The average Bonchev–Trinajstić information content (AvgIpc) is 2.86. The molecule has 0 saturated carbocycles. The topological polar surface area (TPSA) is 105 Å². The molecule has 2 N–H and O–H groups in total. The van der Waals surface area contributed by atoms with Crippen molar-refractivity contribution in [1.82, 2.24) is 25.3 Å². The number of hydrogen-bond donors (Lipinski definition) is 2. The Labute approximate surface area is 166 Å². The fourth-order valence-corrected chi connectivity index (χ4v) is 3.12. The van der Waals surface area contributed by atoms with Crippen molar-refractivity contribution in [3.05, 3.63) is 21.5 Å². The molecule has 1 aliphatic rings. The van der Waals surface area contributed by atoms with Crippen molar-refractivity contribution in [2.24, 2.45) is 0 Å². The first-order valence-corrected chi connectivity index (χ1v) is 8.58. The summed E-state index contributed by atoms with van der Waals surface area (Å²) < 4.78 is 41.2. The van der Waals surface area contributed by atoms with E-state index in [2.05, 4.69) is 15.7 Å². The molecule has 0 spiro atoms. The van der Waals surface area contributed by atoms with Crippen LogP contribution >= 0.6 is 12.4 Å². The van der Waals surface area contributed by atoms with Crippen molar-refractivity contribution in [2.45, 2.75) is 39.0 Å². The smallest absolute Gasteiger partial charge is 0.354 e. The van der Waals surface area contributed by atoms with Crippen LogP contribution in [-0.4, -0.2) is 70.5 Å². The summed E-state index contributed by atoms with van der Waals surface area (Å²) in [6, 6.07) is -1.74. The van der Waals surface area contributed by atoms with Crippen LogP contribution in [0.1, 0.15) is 17.8 Å².